The fourth-order valence-electron chi connectivity index (χ4n) is 18.4. The summed E-state index contributed by atoms with van der Waals surface area (Å²) in [5.41, 5.74) is 0. The SMILES string of the molecule is CCCCCCCCCCCCCCC[C@@H](O)CC(=O)N[C@H]1[C@H](OC[C@H]2O[C@H](OP(=O)(O)O)[C@H](NC(=O)C[C@H](O)CCCCCCCCCCCCCCC)[C@@H](OC(=O)C[C@H](O)CCCCCCCCCCCCC)[C@@H]2O)O[C@H](CO[C@]2(C(=O)O)C[C@@H](O[C@]3(C(=O)O)C[C@@H](O)[C@@H](O)[C@@H]([C@H](O)CO)O3)[C@@H](O)[C@@H]([C@H](O)CO)O2)[C@@H](OP(=O)(O)O)[C@@H]1OC(=O)C[C@H](O)CCCCCCCCCCCCC. The number of phosphoric ester groups is 2. The van der Waals surface area contributed by atoms with Gasteiger partial charge in [-0.3, -0.25) is 28.2 Å². The molecule has 41 heteroatoms. The quantitative estimate of drug-likeness (QED) is 0.0153. The summed E-state index contributed by atoms with van der Waals surface area (Å²) in [5.74, 6) is -16.0. The Morgan fingerprint density at radius 2 is 0.686 bits per heavy atom. The van der Waals surface area contributed by atoms with Gasteiger partial charge in [0.25, 0.3) is 11.6 Å². The fraction of sp³-hybridized carbons (Fsp3) is 0.938. The molecule has 4 aliphatic rings. The van der Waals surface area contributed by atoms with Gasteiger partial charge in [0.2, 0.25) is 11.8 Å². The van der Waals surface area contributed by atoms with Crippen molar-refractivity contribution in [2.24, 2.45) is 0 Å². The van der Waals surface area contributed by atoms with Crippen molar-refractivity contribution in [3.8, 4) is 0 Å². The van der Waals surface area contributed by atoms with Crippen molar-refractivity contribution >= 4 is 51.3 Å². The number of rotatable bonds is 82. The minimum Gasteiger partial charge on any atom is -0.477 e. The number of hydrogen-bond acceptors (Lipinski definition) is 31. The van der Waals surface area contributed by atoms with Crippen molar-refractivity contribution in [2.75, 3.05) is 26.4 Å². The average molecular weight is 2010 g/mol. The number of carbonyl (C=O) groups is 6. The number of amides is 2. The number of esters is 2. The Hall–Kier alpha value is -3.72. The molecule has 137 heavy (non-hydrogen) atoms. The number of nitrogens with one attached hydrogen (secondary N) is 2. The lowest BCUT2D eigenvalue weighted by atomic mass is 9.90. The van der Waals surface area contributed by atoms with Gasteiger partial charge in [0, 0.05) is 12.8 Å². The number of unbranched alkanes of at least 4 members (excludes halogenated alkanes) is 44. The number of carbonyl (C=O) groups excluding carboxylic acids is 4. The summed E-state index contributed by atoms with van der Waals surface area (Å²) in [6, 6.07) is -4.35. The number of carboxylic acid groups (broad SMARTS) is 2. The lowest BCUT2D eigenvalue weighted by molar-refractivity contribution is -0.378. The predicted octanol–water partition coefficient (Wildman–Crippen LogP) is 10.9. The van der Waals surface area contributed by atoms with Crippen molar-refractivity contribution < 1.29 is 181 Å². The average Bonchev–Trinajstić information content (AvgIpc) is 0.747. The Kier molecular flexibility index (Phi) is 65.0. The highest BCUT2D eigenvalue weighted by molar-refractivity contribution is 7.46. The van der Waals surface area contributed by atoms with Gasteiger partial charge in [-0.2, -0.15) is 0 Å². The van der Waals surface area contributed by atoms with E-state index < -0.39 is 262 Å². The van der Waals surface area contributed by atoms with E-state index in [0.29, 0.717) is 44.9 Å². The number of ether oxygens (including phenoxy) is 9. The summed E-state index contributed by atoms with van der Waals surface area (Å²) in [6.07, 6.45) is -0.987. The Labute approximate surface area is 811 Å². The third kappa shape index (κ3) is 50.8. The van der Waals surface area contributed by atoms with Crippen LogP contribution in [-0.2, 0) is 89.6 Å². The van der Waals surface area contributed by atoms with E-state index in [-0.39, 0.29) is 25.7 Å². The molecule has 4 aliphatic heterocycles. The first-order chi connectivity index (χ1) is 65.4. The second-order valence-corrected chi connectivity index (χ2v) is 40.9. The minimum absolute atomic E-state index is 0.00328. The molecule has 4 fully saturated rings. The van der Waals surface area contributed by atoms with Crippen LogP contribution in [0.1, 0.15) is 400 Å². The summed E-state index contributed by atoms with van der Waals surface area (Å²) < 4.78 is 91.5. The second kappa shape index (κ2) is 70.9. The van der Waals surface area contributed by atoms with Crippen molar-refractivity contribution in [1.82, 2.24) is 10.6 Å². The number of carboxylic acids is 2. The number of aliphatic hydroxyl groups is 12. The summed E-state index contributed by atoms with van der Waals surface area (Å²) in [5, 5.41) is 162. The molecule has 804 valence electrons. The molecule has 0 saturated carbocycles. The Bertz CT molecular complexity index is 3320. The molecule has 0 aromatic carbocycles. The molecule has 0 spiro atoms. The second-order valence-electron chi connectivity index (χ2n) is 38.5. The third-order valence-corrected chi connectivity index (χ3v) is 27.3. The number of hydrogen-bond donors (Lipinski definition) is 20. The maximum absolute atomic E-state index is 14.8. The Morgan fingerprint density at radius 3 is 1.03 bits per heavy atom. The predicted molar refractivity (Wildman–Crippen MR) is 503 cm³/mol. The molecule has 0 aromatic heterocycles. The van der Waals surface area contributed by atoms with Gasteiger partial charge in [-0.15, -0.1) is 0 Å². The minimum atomic E-state index is -6.11. The highest BCUT2D eigenvalue weighted by Gasteiger charge is 2.63. The van der Waals surface area contributed by atoms with Crippen molar-refractivity contribution in [3.05, 3.63) is 0 Å². The van der Waals surface area contributed by atoms with Gasteiger partial charge in [-0.1, -0.05) is 336 Å². The number of aliphatic hydroxyl groups excluding tert-OH is 12. The first-order valence-electron chi connectivity index (χ1n) is 52.0. The molecule has 39 nitrogen and oxygen atoms in total. The third-order valence-electron chi connectivity index (χ3n) is 26.3. The monoisotopic (exact) mass is 2010 g/mol. The molecule has 2 amide bonds. The van der Waals surface area contributed by atoms with Gasteiger partial charge < -0.3 is 144 Å². The standard InChI is InChI=1S/C96H178N2O37P2/c1-5-9-13-17-21-25-29-31-35-39-41-45-49-53-67(101)57-77(108)97-81-89(129-79(110)59-69(103)55-51-47-43-37-33-27-23-19-15-11-7-3)85(114)75(127-92(81)135-137(122,123)124)65-125-91-82(98-78(109)58-68(102)54-50-46-42-40-36-32-30-26-22-18-14-10-6-2)90(130-80(111)60-70(104)56-52-48-44-38-34-28-24-20-16-12-8-4)88(134-136(119,120)121)76(128-91)66-126-95(93(115)116)62-74(84(113)87(132-95)73(107)64-100)131-96(94(117)118)61-71(105)83(112)86(133-96)72(106)63-99/h67-76,81-92,99-107,112-114H,5-66H2,1-4H3,(H,97,108)(H,98,109)(H,115,116)(H,117,118)(H2,119,120,121)(H2,122,123,124)/t67-,68-,69-,70-,71-,72-,73-,74-,75-,76-,81-,82-,83-,84-,85-,86-,87-,88-,89-,90-,91-,92-,95-,96-/m1/s1. The van der Waals surface area contributed by atoms with Crippen molar-refractivity contribution in [1.29, 1.82) is 0 Å². The zero-order chi connectivity index (χ0) is 101. The van der Waals surface area contributed by atoms with E-state index in [2.05, 4.69) is 38.3 Å². The maximum atomic E-state index is 14.8. The first kappa shape index (κ1) is 126. The zero-order valence-electron chi connectivity index (χ0n) is 82.2. The van der Waals surface area contributed by atoms with Crippen LogP contribution in [0.5, 0.6) is 0 Å². The summed E-state index contributed by atoms with van der Waals surface area (Å²) in [4.78, 5) is 129. The van der Waals surface area contributed by atoms with Gasteiger partial charge >= 0.3 is 39.5 Å². The maximum Gasteiger partial charge on any atom is 0.472 e. The van der Waals surface area contributed by atoms with Crippen LogP contribution in [0, 0.1) is 0 Å². The lowest BCUT2D eigenvalue weighted by Gasteiger charge is -2.50. The zero-order valence-corrected chi connectivity index (χ0v) is 84.0. The smallest absolute Gasteiger partial charge is 0.472 e. The molecule has 0 aliphatic carbocycles. The van der Waals surface area contributed by atoms with Gasteiger partial charge in [-0.25, -0.2) is 18.7 Å². The molecule has 0 radical (unpaired) electrons. The van der Waals surface area contributed by atoms with E-state index in [1.807, 2.05) is 0 Å². The van der Waals surface area contributed by atoms with Crippen LogP contribution < -0.4 is 10.6 Å². The van der Waals surface area contributed by atoms with Crippen molar-refractivity contribution in [2.45, 2.75) is 546 Å². The lowest BCUT2D eigenvalue weighted by Crippen LogP contribution is -2.69. The van der Waals surface area contributed by atoms with E-state index in [0.717, 1.165) is 186 Å². The molecule has 4 saturated heterocycles. The molecule has 4 heterocycles. The van der Waals surface area contributed by atoms with Crippen LogP contribution in [0.3, 0.4) is 0 Å². The van der Waals surface area contributed by atoms with E-state index in [4.69, 9.17) is 51.7 Å². The molecule has 20 N–H and O–H groups in total. The van der Waals surface area contributed by atoms with Gasteiger partial charge in [0.15, 0.2) is 24.8 Å². The van der Waals surface area contributed by atoms with E-state index in [9.17, 15) is 129 Å². The Balaban J connectivity index is 1.89. The number of phosphoric acid groups is 2. The fourth-order valence-corrected chi connectivity index (χ4v) is 19.4. The van der Waals surface area contributed by atoms with Gasteiger partial charge in [0.1, 0.15) is 73.1 Å². The van der Waals surface area contributed by atoms with E-state index in [1.54, 1.807) is 0 Å². The van der Waals surface area contributed by atoms with Crippen LogP contribution in [-0.4, -0.2) is 299 Å². The van der Waals surface area contributed by atoms with Gasteiger partial charge in [-0.05, 0) is 25.7 Å². The van der Waals surface area contributed by atoms with Crippen LogP contribution >= 0.6 is 15.6 Å². The summed E-state index contributed by atoms with van der Waals surface area (Å²) in [7, 11) is -12.0. The topological polar surface area (TPSA) is 626 Å². The van der Waals surface area contributed by atoms with Crippen LogP contribution in [0.2, 0.25) is 0 Å². The van der Waals surface area contributed by atoms with E-state index >= 15 is 0 Å². The van der Waals surface area contributed by atoms with Crippen LogP contribution in [0.15, 0.2) is 0 Å². The first-order valence-corrected chi connectivity index (χ1v) is 55.0. The highest BCUT2D eigenvalue weighted by atomic mass is 31.2. The Morgan fingerprint density at radius 1 is 0.372 bits per heavy atom. The van der Waals surface area contributed by atoms with Crippen LogP contribution in [0.4, 0.5) is 0 Å². The molecule has 4 rings (SSSR count). The molecular weight excluding hydrogens is 1830 g/mol. The van der Waals surface area contributed by atoms with Gasteiger partial charge in [0.05, 0.1) is 88.7 Å². The molecular formula is C96H178N2O37P2. The number of aliphatic carboxylic acids is 2. The largest absolute Gasteiger partial charge is 0.477 e. The highest BCUT2D eigenvalue weighted by Crippen LogP contribution is 2.47. The van der Waals surface area contributed by atoms with E-state index in [1.165, 1.54) is 77.0 Å². The summed E-state index contributed by atoms with van der Waals surface area (Å²) in [6.45, 7) is 3.23. The molecule has 0 aromatic rings. The van der Waals surface area contributed by atoms with Crippen LogP contribution in [0.25, 0.3) is 0 Å². The molecule has 0 unspecified atom stereocenters. The van der Waals surface area contributed by atoms with Crippen molar-refractivity contribution in [3.63, 3.8) is 0 Å². The summed E-state index contributed by atoms with van der Waals surface area (Å²) >= 11 is 0. The molecule has 0 bridgehead atoms. The normalized spacial score (nSPS) is 26.8. The molecule has 24 atom stereocenters.